The summed E-state index contributed by atoms with van der Waals surface area (Å²) in [5.41, 5.74) is 0.480. The highest BCUT2D eigenvalue weighted by Crippen LogP contribution is 2.27. The number of cyclic esters (lactones) is 2. The van der Waals surface area contributed by atoms with Crippen LogP contribution >= 0.6 is 0 Å². The smallest absolute Gasteiger partial charge is 0.488 e. The zero-order valence-electron chi connectivity index (χ0n) is 10.5. The molecule has 5 heteroatoms. The van der Waals surface area contributed by atoms with Crippen molar-refractivity contribution in [1.29, 1.82) is 5.26 Å². The Hall–Kier alpha value is -2.74. The summed E-state index contributed by atoms with van der Waals surface area (Å²) in [6, 6.07) is 13.4. The van der Waals surface area contributed by atoms with Crippen molar-refractivity contribution in [3.63, 3.8) is 0 Å². The molecule has 1 aliphatic heterocycles. The van der Waals surface area contributed by atoms with Gasteiger partial charge in [-0.3, -0.25) is 0 Å². The summed E-state index contributed by atoms with van der Waals surface area (Å²) < 4.78 is 15.1. The average molecular weight is 269 g/mol. The van der Waals surface area contributed by atoms with E-state index >= 15 is 0 Å². The molecule has 2 aromatic rings. The van der Waals surface area contributed by atoms with Crippen LogP contribution in [-0.2, 0) is 9.47 Å². The van der Waals surface area contributed by atoms with E-state index in [9.17, 15) is 10.1 Å². The van der Waals surface area contributed by atoms with Crippen LogP contribution in [0.15, 0.2) is 36.4 Å². The number of carbonyl (C=O) groups is 1. The van der Waals surface area contributed by atoms with Gasteiger partial charge in [0.05, 0.1) is 0 Å². The van der Waals surface area contributed by atoms with Crippen molar-refractivity contribution in [2.45, 2.75) is 6.10 Å². The highest BCUT2D eigenvalue weighted by molar-refractivity contribution is 5.90. The normalized spacial score (nSPS) is 17.4. The van der Waals surface area contributed by atoms with E-state index in [1.54, 1.807) is 6.07 Å². The first kappa shape index (κ1) is 12.3. The van der Waals surface area contributed by atoms with Crippen LogP contribution < -0.4 is 4.74 Å². The molecule has 1 atom stereocenters. The van der Waals surface area contributed by atoms with Gasteiger partial charge in [0.1, 0.15) is 30.6 Å². The number of nitriles is 1. The Morgan fingerprint density at radius 2 is 2.15 bits per heavy atom. The van der Waals surface area contributed by atoms with Crippen molar-refractivity contribution in [2.75, 3.05) is 13.2 Å². The van der Waals surface area contributed by atoms with Crippen molar-refractivity contribution < 1.29 is 19.0 Å². The summed E-state index contributed by atoms with van der Waals surface area (Å²) in [5.74, 6) is 0.481. The maximum absolute atomic E-state index is 10.8. The van der Waals surface area contributed by atoms with Crippen molar-refractivity contribution in [1.82, 2.24) is 0 Å². The molecule has 1 aliphatic rings. The molecule has 100 valence electrons. The van der Waals surface area contributed by atoms with Crippen LogP contribution in [0.2, 0.25) is 0 Å². The average Bonchev–Trinajstić information content (AvgIpc) is 2.90. The maximum atomic E-state index is 10.8. The molecule has 0 spiro atoms. The standard InChI is InChI=1S/C15H11NO4/c16-7-13-12-4-2-1-3-10(12)5-6-14(13)18-8-11-9-19-15(17)20-11/h1-6,11H,8-9H2/t11-/m0/s1. The lowest BCUT2D eigenvalue weighted by molar-refractivity contribution is 0.0983. The molecule has 0 aromatic heterocycles. The van der Waals surface area contributed by atoms with Crippen molar-refractivity contribution in [3.8, 4) is 11.8 Å². The minimum Gasteiger partial charge on any atom is -0.488 e. The quantitative estimate of drug-likeness (QED) is 0.801. The monoisotopic (exact) mass is 269 g/mol. The molecule has 20 heavy (non-hydrogen) atoms. The second-order valence-corrected chi connectivity index (χ2v) is 4.38. The Labute approximate surface area is 115 Å². The van der Waals surface area contributed by atoms with Gasteiger partial charge in [0.15, 0.2) is 6.10 Å². The Morgan fingerprint density at radius 3 is 2.90 bits per heavy atom. The number of hydrogen-bond donors (Lipinski definition) is 0. The molecule has 0 N–H and O–H groups in total. The van der Waals surface area contributed by atoms with Gasteiger partial charge in [0.2, 0.25) is 0 Å². The van der Waals surface area contributed by atoms with Gasteiger partial charge >= 0.3 is 6.16 Å². The SMILES string of the molecule is N#Cc1c(OC[C@H]2COC(=O)O2)ccc2ccccc12. The van der Waals surface area contributed by atoms with E-state index in [0.717, 1.165) is 10.8 Å². The molecule has 1 saturated heterocycles. The lowest BCUT2D eigenvalue weighted by Gasteiger charge is -2.11. The molecule has 2 aromatic carbocycles. The van der Waals surface area contributed by atoms with E-state index in [1.807, 2.05) is 30.3 Å². The first-order valence-corrected chi connectivity index (χ1v) is 6.16. The fourth-order valence-corrected chi connectivity index (χ4v) is 2.12. The first-order valence-electron chi connectivity index (χ1n) is 6.16. The third-order valence-electron chi connectivity index (χ3n) is 3.08. The van der Waals surface area contributed by atoms with Crippen molar-refractivity contribution in [3.05, 3.63) is 42.0 Å². The van der Waals surface area contributed by atoms with E-state index in [0.29, 0.717) is 11.3 Å². The van der Waals surface area contributed by atoms with Crippen LogP contribution in [0.1, 0.15) is 5.56 Å². The van der Waals surface area contributed by atoms with Crippen LogP contribution in [0.5, 0.6) is 5.75 Å². The van der Waals surface area contributed by atoms with Crippen molar-refractivity contribution >= 4 is 16.9 Å². The topological polar surface area (TPSA) is 68.5 Å². The molecule has 0 bridgehead atoms. The fourth-order valence-electron chi connectivity index (χ4n) is 2.12. The molecule has 5 nitrogen and oxygen atoms in total. The molecule has 1 fully saturated rings. The first-order chi connectivity index (χ1) is 9.78. The summed E-state index contributed by atoms with van der Waals surface area (Å²) in [5, 5.41) is 11.1. The lowest BCUT2D eigenvalue weighted by atomic mass is 10.0. The minimum atomic E-state index is -0.683. The Bertz CT molecular complexity index is 705. The van der Waals surface area contributed by atoms with Crippen LogP contribution in [0.25, 0.3) is 10.8 Å². The second kappa shape index (κ2) is 5.10. The molecule has 0 radical (unpaired) electrons. The van der Waals surface area contributed by atoms with E-state index in [1.165, 1.54) is 0 Å². The molecule has 0 amide bonds. The van der Waals surface area contributed by atoms with E-state index in [4.69, 9.17) is 9.47 Å². The Morgan fingerprint density at radius 1 is 1.30 bits per heavy atom. The van der Waals surface area contributed by atoms with Gasteiger partial charge in [-0.1, -0.05) is 30.3 Å². The predicted molar refractivity (Wildman–Crippen MR) is 70.4 cm³/mol. The number of ether oxygens (including phenoxy) is 3. The number of hydrogen-bond acceptors (Lipinski definition) is 5. The number of carbonyl (C=O) groups excluding carboxylic acids is 1. The van der Waals surface area contributed by atoms with Gasteiger partial charge in [0.25, 0.3) is 0 Å². The molecular weight excluding hydrogens is 258 g/mol. The number of benzene rings is 2. The molecule has 0 aliphatic carbocycles. The van der Waals surface area contributed by atoms with Gasteiger partial charge < -0.3 is 14.2 Å². The molecular formula is C15H11NO4. The fraction of sp³-hybridized carbons (Fsp3) is 0.200. The largest absolute Gasteiger partial charge is 0.508 e. The third-order valence-corrected chi connectivity index (χ3v) is 3.08. The Kier molecular flexibility index (Phi) is 3.13. The number of nitrogens with zero attached hydrogens (tertiary/aromatic N) is 1. The highest BCUT2D eigenvalue weighted by Gasteiger charge is 2.25. The van der Waals surface area contributed by atoms with Gasteiger partial charge in [-0.05, 0) is 11.5 Å². The molecule has 1 heterocycles. The van der Waals surface area contributed by atoms with Crippen LogP contribution in [0, 0.1) is 11.3 Å². The van der Waals surface area contributed by atoms with E-state index in [2.05, 4.69) is 10.8 Å². The van der Waals surface area contributed by atoms with E-state index < -0.39 is 12.3 Å². The summed E-state index contributed by atoms with van der Waals surface area (Å²) >= 11 is 0. The molecule has 0 unspecified atom stereocenters. The Balaban J connectivity index is 1.84. The summed E-state index contributed by atoms with van der Waals surface area (Å²) in [6.07, 6.45) is -1.11. The zero-order chi connectivity index (χ0) is 13.9. The minimum absolute atomic E-state index is 0.165. The highest BCUT2D eigenvalue weighted by atomic mass is 16.8. The second-order valence-electron chi connectivity index (χ2n) is 4.38. The summed E-state index contributed by atoms with van der Waals surface area (Å²) in [7, 11) is 0. The predicted octanol–water partition coefficient (Wildman–Crippen LogP) is 2.63. The van der Waals surface area contributed by atoms with Gasteiger partial charge in [-0.25, -0.2) is 4.79 Å². The zero-order valence-corrected chi connectivity index (χ0v) is 10.5. The van der Waals surface area contributed by atoms with Crippen LogP contribution in [0.4, 0.5) is 4.79 Å². The molecule has 0 saturated carbocycles. The van der Waals surface area contributed by atoms with Crippen LogP contribution in [0.3, 0.4) is 0 Å². The summed E-state index contributed by atoms with van der Waals surface area (Å²) in [6.45, 7) is 0.340. The summed E-state index contributed by atoms with van der Waals surface area (Å²) in [4.78, 5) is 10.8. The molecule has 3 rings (SSSR count). The number of rotatable bonds is 3. The van der Waals surface area contributed by atoms with Gasteiger partial charge in [-0.15, -0.1) is 0 Å². The van der Waals surface area contributed by atoms with Gasteiger partial charge in [-0.2, -0.15) is 5.26 Å². The van der Waals surface area contributed by atoms with Crippen molar-refractivity contribution in [2.24, 2.45) is 0 Å². The lowest BCUT2D eigenvalue weighted by Crippen LogP contribution is -2.20. The number of fused-ring (bicyclic) bond motifs is 1. The maximum Gasteiger partial charge on any atom is 0.508 e. The van der Waals surface area contributed by atoms with Crippen LogP contribution in [-0.4, -0.2) is 25.5 Å². The third kappa shape index (κ3) is 2.24. The van der Waals surface area contributed by atoms with Gasteiger partial charge in [0, 0.05) is 5.39 Å². The van der Waals surface area contributed by atoms with E-state index in [-0.39, 0.29) is 13.2 Å².